The van der Waals surface area contributed by atoms with Crippen molar-refractivity contribution < 1.29 is 9.52 Å². The van der Waals surface area contributed by atoms with Crippen molar-refractivity contribution >= 4 is 0 Å². The predicted molar refractivity (Wildman–Crippen MR) is 58.9 cm³/mol. The Balaban J connectivity index is 1.97. The van der Waals surface area contributed by atoms with Gasteiger partial charge in [0.15, 0.2) is 0 Å². The molecule has 2 heterocycles. The number of rotatable bonds is 4. The van der Waals surface area contributed by atoms with E-state index in [-0.39, 0.29) is 18.6 Å². The zero-order valence-corrected chi connectivity index (χ0v) is 9.89. The summed E-state index contributed by atoms with van der Waals surface area (Å²) in [5.41, 5.74) is 0. The molecule has 90 valence electrons. The molecule has 5 nitrogen and oxygen atoms in total. The molecule has 2 rings (SSSR count). The Morgan fingerprint density at radius 1 is 1.50 bits per heavy atom. The minimum absolute atomic E-state index is 0.213. The molecule has 0 aromatic carbocycles. The lowest BCUT2D eigenvalue weighted by Crippen LogP contribution is -2.31. The van der Waals surface area contributed by atoms with Gasteiger partial charge in [-0.15, -0.1) is 10.2 Å². The van der Waals surface area contributed by atoms with Crippen molar-refractivity contribution in [1.82, 2.24) is 15.1 Å². The molecule has 1 aliphatic rings. The van der Waals surface area contributed by atoms with Gasteiger partial charge in [0.1, 0.15) is 0 Å². The van der Waals surface area contributed by atoms with E-state index < -0.39 is 0 Å². The summed E-state index contributed by atoms with van der Waals surface area (Å²) in [5.74, 6) is 1.62. The molecular formula is C11H19N3O2. The summed E-state index contributed by atoms with van der Waals surface area (Å²) in [7, 11) is 0. The highest BCUT2D eigenvalue weighted by atomic mass is 16.4. The molecule has 0 saturated carbocycles. The van der Waals surface area contributed by atoms with Gasteiger partial charge in [0, 0.05) is 12.0 Å². The van der Waals surface area contributed by atoms with E-state index in [0.717, 1.165) is 19.4 Å². The van der Waals surface area contributed by atoms with Crippen molar-refractivity contribution in [3.05, 3.63) is 11.8 Å². The van der Waals surface area contributed by atoms with E-state index >= 15 is 0 Å². The lowest BCUT2D eigenvalue weighted by Gasteiger charge is -2.20. The van der Waals surface area contributed by atoms with Crippen LogP contribution in [0.5, 0.6) is 0 Å². The molecule has 0 bridgehead atoms. The molecule has 0 unspecified atom stereocenters. The smallest absolute Gasteiger partial charge is 0.230 e. The van der Waals surface area contributed by atoms with Crippen molar-refractivity contribution in [1.29, 1.82) is 0 Å². The Kier molecular flexibility index (Phi) is 3.56. The normalized spacial score (nSPS) is 22.1. The lowest BCUT2D eigenvalue weighted by molar-refractivity contribution is 0.143. The number of hydrogen-bond donors (Lipinski definition) is 1. The summed E-state index contributed by atoms with van der Waals surface area (Å²) < 4.78 is 5.55. The third-order valence-corrected chi connectivity index (χ3v) is 3.02. The first kappa shape index (κ1) is 11.5. The summed E-state index contributed by atoms with van der Waals surface area (Å²) >= 11 is 0. The zero-order chi connectivity index (χ0) is 11.5. The molecule has 5 heteroatoms. The topological polar surface area (TPSA) is 62.4 Å². The van der Waals surface area contributed by atoms with E-state index in [4.69, 9.17) is 4.42 Å². The van der Waals surface area contributed by atoms with E-state index in [1.54, 1.807) is 0 Å². The summed E-state index contributed by atoms with van der Waals surface area (Å²) in [6.07, 6.45) is 2.19. The molecule has 1 aliphatic heterocycles. The summed E-state index contributed by atoms with van der Waals surface area (Å²) in [5, 5.41) is 17.2. The van der Waals surface area contributed by atoms with Gasteiger partial charge in [-0.25, -0.2) is 0 Å². The zero-order valence-electron chi connectivity index (χ0n) is 9.89. The third kappa shape index (κ3) is 2.41. The molecule has 1 fully saturated rings. The van der Waals surface area contributed by atoms with Gasteiger partial charge in [0.2, 0.25) is 11.8 Å². The van der Waals surface area contributed by atoms with Crippen LogP contribution in [0.2, 0.25) is 0 Å². The van der Waals surface area contributed by atoms with E-state index in [0.29, 0.717) is 18.3 Å². The predicted octanol–water partition coefficient (Wildman–Crippen LogP) is 1.15. The van der Waals surface area contributed by atoms with Gasteiger partial charge in [-0.1, -0.05) is 13.8 Å². The molecule has 0 aliphatic carbocycles. The van der Waals surface area contributed by atoms with Gasteiger partial charge in [-0.05, 0) is 19.4 Å². The van der Waals surface area contributed by atoms with E-state index in [1.165, 1.54) is 0 Å². The molecule has 0 amide bonds. The second kappa shape index (κ2) is 4.93. The fraction of sp³-hybridized carbons (Fsp3) is 0.818. The van der Waals surface area contributed by atoms with Gasteiger partial charge in [-0.3, -0.25) is 4.90 Å². The molecule has 1 saturated heterocycles. The van der Waals surface area contributed by atoms with Gasteiger partial charge < -0.3 is 9.52 Å². The first-order valence-electron chi connectivity index (χ1n) is 5.88. The SMILES string of the molecule is CC(C)c1nnc(CN2CCC[C@@H]2CO)o1. The Labute approximate surface area is 95.5 Å². The van der Waals surface area contributed by atoms with Crippen molar-refractivity contribution in [2.75, 3.05) is 13.2 Å². The van der Waals surface area contributed by atoms with E-state index in [1.807, 2.05) is 13.8 Å². The van der Waals surface area contributed by atoms with Crippen LogP contribution in [0.3, 0.4) is 0 Å². The van der Waals surface area contributed by atoms with Crippen LogP contribution >= 0.6 is 0 Å². The maximum atomic E-state index is 9.20. The van der Waals surface area contributed by atoms with Crippen molar-refractivity contribution in [2.45, 2.75) is 45.2 Å². The monoisotopic (exact) mass is 225 g/mol. The molecule has 1 aromatic heterocycles. The number of likely N-dealkylation sites (tertiary alicyclic amines) is 1. The van der Waals surface area contributed by atoms with Crippen LogP contribution in [-0.2, 0) is 6.54 Å². The minimum atomic E-state index is 0.213. The van der Waals surface area contributed by atoms with Gasteiger partial charge >= 0.3 is 0 Å². The van der Waals surface area contributed by atoms with Crippen LogP contribution in [0.15, 0.2) is 4.42 Å². The molecule has 16 heavy (non-hydrogen) atoms. The Bertz CT molecular complexity index is 338. The highest BCUT2D eigenvalue weighted by Crippen LogP contribution is 2.20. The summed E-state index contributed by atoms with van der Waals surface area (Å²) in [6.45, 7) is 5.94. The van der Waals surface area contributed by atoms with Crippen LogP contribution in [0.25, 0.3) is 0 Å². The summed E-state index contributed by atoms with van der Waals surface area (Å²) in [6, 6.07) is 0.259. The molecule has 1 N–H and O–H groups in total. The number of nitrogens with zero attached hydrogens (tertiary/aromatic N) is 3. The standard InChI is InChI=1S/C11H19N3O2/c1-8(2)11-13-12-10(16-11)6-14-5-3-4-9(14)7-15/h8-9,15H,3-7H2,1-2H3/t9-/m1/s1. The average Bonchev–Trinajstić information content (AvgIpc) is 2.87. The first-order valence-corrected chi connectivity index (χ1v) is 5.88. The summed E-state index contributed by atoms with van der Waals surface area (Å²) in [4.78, 5) is 2.21. The molecule has 0 radical (unpaired) electrons. The van der Waals surface area contributed by atoms with Crippen molar-refractivity contribution in [2.24, 2.45) is 0 Å². The minimum Gasteiger partial charge on any atom is -0.424 e. The van der Waals surface area contributed by atoms with Crippen LogP contribution in [-0.4, -0.2) is 39.4 Å². The number of aromatic nitrogens is 2. The van der Waals surface area contributed by atoms with Crippen LogP contribution in [0.1, 0.15) is 44.4 Å². The number of aliphatic hydroxyl groups excluding tert-OH is 1. The maximum Gasteiger partial charge on any atom is 0.230 e. The average molecular weight is 225 g/mol. The molecule has 1 atom stereocenters. The maximum absolute atomic E-state index is 9.20. The number of aliphatic hydroxyl groups is 1. The van der Waals surface area contributed by atoms with Crippen molar-refractivity contribution in [3.8, 4) is 0 Å². The Morgan fingerprint density at radius 3 is 2.94 bits per heavy atom. The molecule has 1 aromatic rings. The second-order valence-corrected chi connectivity index (χ2v) is 4.64. The fourth-order valence-electron chi connectivity index (χ4n) is 2.05. The van der Waals surface area contributed by atoms with E-state index in [9.17, 15) is 5.11 Å². The Morgan fingerprint density at radius 2 is 2.31 bits per heavy atom. The van der Waals surface area contributed by atoms with Gasteiger partial charge in [-0.2, -0.15) is 0 Å². The largest absolute Gasteiger partial charge is 0.424 e. The van der Waals surface area contributed by atoms with Crippen LogP contribution in [0, 0.1) is 0 Å². The van der Waals surface area contributed by atoms with Crippen molar-refractivity contribution in [3.63, 3.8) is 0 Å². The Hall–Kier alpha value is -0.940. The quantitative estimate of drug-likeness (QED) is 0.832. The number of hydrogen-bond acceptors (Lipinski definition) is 5. The highest BCUT2D eigenvalue weighted by molar-refractivity contribution is 4.89. The fourth-order valence-corrected chi connectivity index (χ4v) is 2.05. The first-order chi connectivity index (χ1) is 7.70. The lowest BCUT2D eigenvalue weighted by atomic mass is 10.2. The van der Waals surface area contributed by atoms with E-state index in [2.05, 4.69) is 15.1 Å². The van der Waals surface area contributed by atoms with Gasteiger partial charge in [0.25, 0.3) is 0 Å². The van der Waals surface area contributed by atoms with Crippen LogP contribution in [0.4, 0.5) is 0 Å². The van der Waals surface area contributed by atoms with Crippen LogP contribution < -0.4 is 0 Å². The molecular weight excluding hydrogens is 206 g/mol. The second-order valence-electron chi connectivity index (χ2n) is 4.64. The third-order valence-electron chi connectivity index (χ3n) is 3.02. The highest BCUT2D eigenvalue weighted by Gasteiger charge is 2.25. The van der Waals surface area contributed by atoms with Gasteiger partial charge in [0.05, 0.1) is 13.2 Å². The molecule has 0 spiro atoms.